The van der Waals surface area contributed by atoms with Crippen molar-refractivity contribution in [1.82, 2.24) is 5.32 Å². The van der Waals surface area contributed by atoms with Crippen LogP contribution in [-0.4, -0.2) is 18.3 Å². The molecular formula is C23H48N2S. The van der Waals surface area contributed by atoms with Crippen LogP contribution < -0.4 is 5.32 Å². The second-order valence-electron chi connectivity index (χ2n) is 7.79. The summed E-state index contributed by atoms with van der Waals surface area (Å²) in [5.74, 6) is 0. The fourth-order valence-electron chi connectivity index (χ4n) is 3.28. The molecule has 0 aromatic carbocycles. The SMILES string of the molecule is CCCCCCCCCCCCCCCCCC/N=C(\S)NCCCC. The Labute approximate surface area is 170 Å². The van der Waals surface area contributed by atoms with Gasteiger partial charge in [-0.05, 0) is 12.8 Å². The lowest BCUT2D eigenvalue weighted by Gasteiger charge is -2.04. The number of rotatable bonds is 20. The molecule has 3 heteroatoms. The molecule has 0 unspecified atom stereocenters. The number of unbranched alkanes of at least 4 members (excludes halogenated alkanes) is 16. The second kappa shape index (κ2) is 22.9. The molecule has 0 saturated heterocycles. The molecule has 156 valence electrons. The van der Waals surface area contributed by atoms with E-state index >= 15 is 0 Å². The molecule has 0 atom stereocenters. The number of nitrogens with one attached hydrogen (secondary N) is 1. The lowest BCUT2D eigenvalue weighted by atomic mass is 10.0. The van der Waals surface area contributed by atoms with Gasteiger partial charge in [0.15, 0.2) is 5.17 Å². The van der Waals surface area contributed by atoms with Gasteiger partial charge in [0.2, 0.25) is 0 Å². The second-order valence-corrected chi connectivity index (χ2v) is 8.21. The number of aliphatic imine (C=N–C) groups is 1. The van der Waals surface area contributed by atoms with Crippen molar-refractivity contribution in [3.05, 3.63) is 0 Å². The lowest BCUT2D eigenvalue weighted by Crippen LogP contribution is -2.19. The van der Waals surface area contributed by atoms with Gasteiger partial charge in [0, 0.05) is 13.1 Å². The van der Waals surface area contributed by atoms with Gasteiger partial charge in [-0.15, -0.1) is 12.6 Å². The Morgan fingerprint density at radius 1 is 0.577 bits per heavy atom. The third-order valence-electron chi connectivity index (χ3n) is 5.09. The van der Waals surface area contributed by atoms with Gasteiger partial charge in [-0.25, -0.2) is 0 Å². The highest BCUT2D eigenvalue weighted by molar-refractivity contribution is 7.96. The van der Waals surface area contributed by atoms with Gasteiger partial charge in [-0.3, -0.25) is 4.99 Å². The van der Waals surface area contributed by atoms with Crippen LogP contribution in [0.3, 0.4) is 0 Å². The van der Waals surface area contributed by atoms with Crippen LogP contribution >= 0.6 is 12.6 Å². The zero-order chi connectivity index (χ0) is 19.1. The molecule has 0 amide bonds. The Kier molecular flexibility index (Phi) is 22.7. The fraction of sp³-hybridized carbons (Fsp3) is 0.957. The molecule has 0 aromatic rings. The molecule has 0 aromatic heterocycles. The van der Waals surface area contributed by atoms with Crippen molar-refractivity contribution in [2.45, 2.75) is 129 Å². The summed E-state index contributed by atoms with van der Waals surface area (Å²) in [6, 6.07) is 0. The van der Waals surface area contributed by atoms with Crippen LogP contribution in [0.1, 0.15) is 129 Å². The molecular weight excluding hydrogens is 336 g/mol. The molecule has 0 aliphatic rings. The molecule has 0 radical (unpaired) electrons. The van der Waals surface area contributed by atoms with Gasteiger partial charge in [0.25, 0.3) is 0 Å². The van der Waals surface area contributed by atoms with Crippen molar-refractivity contribution in [3.63, 3.8) is 0 Å². The third kappa shape index (κ3) is 21.9. The van der Waals surface area contributed by atoms with Gasteiger partial charge < -0.3 is 5.32 Å². The van der Waals surface area contributed by atoms with Crippen LogP contribution in [0.5, 0.6) is 0 Å². The number of hydrogen-bond donors (Lipinski definition) is 2. The first-order valence-electron chi connectivity index (χ1n) is 11.8. The Bertz CT molecular complexity index is 292. The van der Waals surface area contributed by atoms with E-state index in [4.69, 9.17) is 0 Å². The molecule has 1 N–H and O–H groups in total. The Hall–Kier alpha value is -0.180. The highest BCUT2D eigenvalue weighted by atomic mass is 32.1. The van der Waals surface area contributed by atoms with Gasteiger partial charge in [0.1, 0.15) is 0 Å². The van der Waals surface area contributed by atoms with E-state index in [1.807, 2.05) is 0 Å². The molecule has 0 aliphatic heterocycles. The summed E-state index contributed by atoms with van der Waals surface area (Å²) >= 11 is 4.37. The van der Waals surface area contributed by atoms with Gasteiger partial charge in [-0.2, -0.15) is 0 Å². The first-order chi connectivity index (χ1) is 12.8. The van der Waals surface area contributed by atoms with E-state index in [0.29, 0.717) is 0 Å². The summed E-state index contributed by atoms with van der Waals surface area (Å²) in [5.41, 5.74) is 0. The maximum Gasteiger partial charge on any atom is 0.153 e. The summed E-state index contributed by atoms with van der Waals surface area (Å²) in [4.78, 5) is 4.47. The van der Waals surface area contributed by atoms with Crippen molar-refractivity contribution in [2.24, 2.45) is 4.99 Å². The average Bonchev–Trinajstić information content (AvgIpc) is 2.64. The molecule has 0 rings (SSSR count). The van der Waals surface area contributed by atoms with Crippen LogP contribution in [0.2, 0.25) is 0 Å². The highest BCUT2D eigenvalue weighted by Gasteiger charge is 1.95. The van der Waals surface area contributed by atoms with Crippen molar-refractivity contribution in [3.8, 4) is 0 Å². The molecule has 0 bridgehead atoms. The topological polar surface area (TPSA) is 24.4 Å². The van der Waals surface area contributed by atoms with E-state index in [2.05, 4.69) is 36.8 Å². The normalized spacial score (nSPS) is 11.9. The Morgan fingerprint density at radius 2 is 0.962 bits per heavy atom. The zero-order valence-electron chi connectivity index (χ0n) is 18.0. The molecule has 0 spiro atoms. The molecule has 26 heavy (non-hydrogen) atoms. The molecule has 2 nitrogen and oxygen atoms in total. The minimum Gasteiger partial charge on any atom is -0.365 e. The molecule has 0 fully saturated rings. The molecule has 0 heterocycles. The zero-order valence-corrected chi connectivity index (χ0v) is 18.9. The van der Waals surface area contributed by atoms with Gasteiger partial charge in [-0.1, -0.05) is 117 Å². The van der Waals surface area contributed by atoms with Crippen LogP contribution in [-0.2, 0) is 0 Å². The maximum atomic E-state index is 4.47. The van der Waals surface area contributed by atoms with Crippen molar-refractivity contribution in [2.75, 3.05) is 13.1 Å². The number of thiol groups is 1. The van der Waals surface area contributed by atoms with Crippen LogP contribution in [0.4, 0.5) is 0 Å². The van der Waals surface area contributed by atoms with Crippen molar-refractivity contribution >= 4 is 17.8 Å². The number of amidine groups is 1. The summed E-state index contributed by atoms with van der Waals surface area (Å²) in [7, 11) is 0. The third-order valence-corrected chi connectivity index (χ3v) is 5.39. The van der Waals surface area contributed by atoms with Crippen molar-refractivity contribution in [1.29, 1.82) is 0 Å². The standard InChI is InChI=1S/C23H48N2S/c1-3-5-7-8-9-10-11-12-13-14-15-16-17-18-19-20-22-25-23(26)24-21-6-4-2/h3-22H2,1-2H3,(H2,24,25,26). The number of hydrogen-bond acceptors (Lipinski definition) is 1. The monoisotopic (exact) mass is 384 g/mol. The average molecular weight is 385 g/mol. The van der Waals surface area contributed by atoms with Crippen LogP contribution in [0, 0.1) is 0 Å². The highest BCUT2D eigenvalue weighted by Crippen LogP contribution is 2.13. The van der Waals surface area contributed by atoms with E-state index in [9.17, 15) is 0 Å². The van der Waals surface area contributed by atoms with Crippen LogP contribution in [0.15, 0.2) is 4.99 Å². The lowest BCUT2D eigenvalue weighted by molar-refractivity contribution is 0.530. The fourth-order valence-corrected chi connectivity index (χ4v) is 3.49. The summed E-state index contributed by atoms with van der Waals surface area (Å²) < 4.78 is 0. The predicted molar refractivity (Wildman–Crippen MR) is 124 cm³/mol. The maximum absolute atomic E-state index is 4.47. The van der Waals surface area contributed by atoms with E-state index in [0.717, 1.165) is 18.3 Å². The smallest absolute Gasteiger partial charge is 0.153 e. The molecule has 0 aliphatic carbocycles. The Balaban J connectivity index is 3.12. The van der Waals surface area contributed by atoms with E-state index in [1.165, 1.54) is 116 Å². The first-order valence-corrected chi connectivity index (χ1v) is 12.2. The first kappa shape index (κ1) is 25.8. The largest absolute Gasteiger partial charge is 0.365 e. The van der Waals surface area contributed by atoms with E-state index in [1.54, 1.807) is 0 Å². The van der Waals surface area contributed by atoms with E-state index < -0.39 is 0 Å². The van der Waals surface area contributed by atoms with Gasteiger partial charge >= 0.3 is 0 Å². The predicted octanol–water partition coefficient (Wildman–Crippen LogP) is 7.92. The number of nitrogens with zero attached hydrogens (tertiary/aromatic N) is 1. The minimum atomic E-state index is 0.819. The Morgan fingerprint density at radius 3 is 1.38 bits per heavy atom. The molecule has 0 saturated carbocycles. The van der Waals surface area contributed by atoms with E-state index in [-0.39, 0.29) is 0 Å². The quantitative estimate of drug-likeness (QED) is 0.0947. The summed E-state index contributed by atoms with van der Waals surface area (Å²) in [6.45, 7) is 6.42. The van der Waals surface area contributed by atoms with Crippen LogP contribution in [0.25, 0.3) is 0 Å². The summed E-state index contributed by atoms with van der Waals surface area (Å²) in [5, 5.41) is 4.07. The van der Waals surface area contributed by atoms with Gasteiger partial charge in [0.05, 0.1) is 0 Å². The van der Waals surface area contributed by atoms with Crippen molar-refractivity contribution < 1.29 is 0 Å². The summed E-state index contributed by atoms with van der Waals surface area (Å²) in [6.07, 6.45) is 25.1. The minimum absolute atomic E-state index is 0.819.